The van der Waals surface area contributed by atoms with E-state index in [1.165, 1.54) is 6.33 Å². The van der Waals surface area contributed by atoms with Crippen LogP contribution in [0.15, 0.2) is 24.5 Å². The van der Waals surface area contributed by atoms with E-state index in [1.54, 1.807) is 27.2 Å². The van der Waals surface area contributed by atoms with Gasteiger partial charge in [-0.15, -0.1) is 0 Å². The molecule has 0 fully saturated rings. The number of aromatic nitrogens is 2. The Morgan fingerprint density at radius 1 is 1.25 bits per heavy atom. The highest BCUT2D eigenvalue weighted by molar-refractivity contribution is 5.95. The van der Waals surface area contributed by atoms with Gasteiger partial charge in [-0.1, -0.05) is 0 Å². The van der Waals surface area contributed by atoms with Crippen LogP contribution in [0.25, 0.3) is 0 Å². The molecule has 24 heavy (non-hydrogen) atoms. The third-order valence-corrected chi connectivity index (χ3v) is 3.29. The molecule has 0 aliphatic heterocycles. The number of nitrogen functional groups attached to an aromatic ring is 1. The van der Waals surface area contributed by atoms with Gasteiger partial charge < -0.3 is 25.3 Å². The molecule has 1 heterocycles. The average Bonchev–Trinajstić information content (AvgIpc) is 2.60. The molecule has 0 amide bonds. The van der Waals surface area contributed by atoms with Gasteiger partial charge in [0.1, 0.15) is 23.5 Å². The summed E-state index contributed by atoms with van der Waals surface area (Å²) in [4.78, 5) is 19.8. The molecule has 2 rings (SSSR count). The minimum atomic E-state index is -0.581. The summed E-state index contributed by atoms with van der Waals surface area (Å²) in [5.41, 5.74) is 7.02. The second-order valence-corrected chi connectivity index (χ2v) is 4.74. The van der Waals surface area contributed by atoms with Gasteiger partial charge in [-0.25, -0.2) is 14.8 Å². The number of methoxy groups -OCH3 is 2. The first-order valence-corrected chi connectivity index (χ1v) is 7.33. The van der Waals surface area contributed by atoms with Gasteiger partial charge in [0, 0.05) is 18.2 Å². The van der Waals surface area contributed by atoms with Crippen LogP contribution in [0.2, 0.25) is 0 Å². The van der Waals surface area contributed by atoms with Crippen LogP contribution >= 0.6 is 0 Å². The highest BCUT2D eigenvalue weighted by Gasteiger charge is 2.16. The van der Waals surface area contributed by atoms with E-state index in [-0.39, 0.29) is 18.0 Å². The Hall–Kier alpha value is -3.03. The molecule has 0 bridgehead atoms. The largest absolute Gasteiger partial charge is 0.497 e. The van der Waals surface area contributed by atoms with E-state index in [0.717, 1.165) is 5.56 Å². The maximum Gasteiger partial charge on any atom is 0.359 e. The van der Waals surface area contributed by atoms with Crippen LogP contribution in [0.4, 0.5) is 11.5 Å². The topological polar surface area (TPSA) is 109 Å². The zero-order valence-electron chi connectivity index (χ0n) is 13.8. The van der Waals surface area contributed by atoms with Crippen molar-refractivity contribution in [1.82, 2.24) is 9.97 Å². The van der Waals surface area contributed by atoms with Crippen LogP contribution in [0.1, 0.15) is 23.0 Å². The quantitative estimate of drug-likeness (QED) is 0.740. The zero-order chi connectivity index (χ0) is 17.5. The van der Waals surface area contributed by atoms with E-state index in [4.69, 9.17) is 19.9 Å². The van der Waals surface area contributed by atoms with Crippen LogP contribution in [0.3, 0.4) is 0 Å². The van der Waals surface area contributed by atoms with Gasteiger partial charge in [-0.3, -0.25) is 0 Å². The standard InChI is InChI=1S/C16H20N4O4/c1-4-24-16(21)14-13(17)15(20-9-19-14)18-8-10-5-6-11(22-2)7-12(10)23-3/h5-7,9H,4,8,17H2,1-3H3,(H,18,19,20). The molecule has 0 aliphatic carbocycles. The Labute approximate surface area is 140 Å². The Balaban J connectivity index is 2.18. The Bertz CT molecular complexity index is 721. The lowest BCUT2D eigenvalue weighted by Crippen LogP contribution is -2.14. The lowest BCUT2D eigenvalue weighted by atomic mass is 10.2. The number of esters is 1. The highest BCUT2D eigenvalue weighted by atomic mass is 16.5. The van der Waals surface area contributed by atoms with E-state index in [2.05, 4.69) is 15.3 Å². The number of nitrogens with two attached hydrogens (primary N) is 1. The average molecular weight is 332 g/mol. The second-order valence-electron chi connectivity index (χ2n) is 4.74. The third kappa shape index (κ3) is 3.83. The summed E-state index contributed by atoms with van der Waals surface area (Å²) in [6, 6.07) is 5.48. The van der Waals surface area contributed by atoms with E-state index < -0.39 is 5.97 Å². The first-order valence-electron chi connectivity index (χ1n) is 7.33. The summed E-state index contributed by atoms with van der Waals surface area (Å²) >= 11 is 0. The summed E-state index contributed by atoms with van der Waals surface area (Å²) < 4.78 is 15.4. The van der Waals surface area contributed by atoms with Gasteiger partial charge in [0.2, 0.25) is 0 Å². The van der Waals surface area contributed by atoms with Gasteiger partial charge in [0.05, 0.1) is 20.8 Å². The molecule has 0 atom stereocenters. The van der Waals surface area contributed by atoms with Crippen molar-refractivity contribution in [2.45, 2.75) is 13.5 Å². The van der Waals surface area contributed by atoms with Crippen LogP contribution in [0.5, 0.6) is 11.5 Å². The fourth-order valence-electron chi connectivity index (χ4n) is 2.08. The molecule has 1 aromatic heterocycles. The number of carbonyl (C=O) groups excluding carboxylic acids is 1. The SMILES string of the molecule is CCOC(=O)c1ncnc(NCc2ccc(OC)cc2OC)c1N. The minimum Gasteiger partial charge on any atom is -0.497 e. The lowest BCUT2D eigenvalue weighted by molar-refractivity contribution is 0.0520. The maximum absolute atomic E-state index is 11.8. The normalized spacial score (nSPS) is 10.1. The molecule has 2 aromatic rings. The van der Waals surface area contributed by atoms with Crippen molar-refractivity contribution in [3.63, 3.8) is 0 Å². The Morgan fingerprint density at radius 3 is 2.71 bits per heavy atom. The molecule has 0 saturated heterocycles. The van der Waals surface area contributed by atoms with Crippen molar-refractivity contribution in [3.05, 3.63) is 35.8 Å². The maximum atomic E-state index is 11.8. The number of nitrogens with zero attached hydrogens (tertiary/aromatic N) is 2. The number of rotatable bonds is 7. The Morgan fingerprint density at radius 2 is 2.04 bits per heavy atom. The lowest BCUT2D eigenvalue weighted by Gasteiger charge is -2.13. The summed E-state index contributed by atoms with van der Waals surface area (Å²) in [6.45, 7) is 2.36. The molecule has 8 heteroatoms. The predicted molar refractivity (Wildman–Crippen MR) is 89.3 cm³/mol. The highest BCUT2D eigenvalue weighted by Crippen LogP contribution is 2.26. The first-order chi connectivity index (χ1) is 11.6. The van der Waals surface area contributed by atoms with E-state index in [0.29, 0.717) is 23.9 Å². The minimum absolute atomic E-state index is 0.0380. The van der Waals surface area contributed by atoms with Crippen molar-refractivity contribution in [2.24, 2.45) is 0 Å². The number of hydrogen-bond acceptors (Lipinski definition) is 8. The fourth-order valence-corrected chi connectivity index (χ4v) is 2.08. The fraction of sp³-hybridized carbons (Fsp3) is 0.312. The molecular weight excluding hydrogens is 312 g/mol. The molecule has 0 unspecified atom stereocenters. The number of hydrogen-bond donors (Lipinski definition) is 2. The number of anilines is 2. The molecule has 0 spiro atoms. The summed E-state index contributed by atoms with van der Waals surface area (Å²) in [7, 11) is 3.17. The van der Waals surface area contributed by atoms with Gasteiger partial charge in [-0.2, -0.15) is 0 Å². The van der Waals surface area contributed by atoms with Gasteiger partial charge in [-0.05, 0) is 19.1 Å². The molecule has 0 saturated carbocycles. The Kier molecular flexibility index (Phi) is 5.78. The van der Waals surface area contributed by atoms with E-state index >= 15 is 0 Å². The van der Waals surface area contributed by atoms with Crippen molar-refractivity contribution < 1.29 is 19.0 Å². The van der Waals surface area contributed by atoms with Crippen LogP contribution < -0.4 is 20.5 Å². The summed E-state index contributed by atoms with van der Waals surface area (Å²) in [5, 5.41) is 3.07. The van der Waals surface area contributed by atoms with Gasteiger partial charge in [0.25, 0.3) is 0 Å². The number of benzene rings is 1. The van der Waals surface area contributed by atoms with Gasteiger partial charge >= 0.3 is 5.97 Å². The molecule has 0 aliphatic rings. The second kappa shape index (κ2) is 8.00. The number of ether oxygens (including phenoxy) is 3. The summed E-state index contributed by atoms with van der Waals surface area (Å²) in [6.07, 6.45) is 1.26. The molecule has 8 nitrogen and oxygen atoms in total. The first kappa shape index (κ1) is 17.3. The smallest absolute Gasteiger partial charge is 0.359 e. The molecule has 0 radical (unpaired) electrons. The van der Waals surface area contributed by atoms with Crippen LogP contribution in [0, 0.1) is 0 Å². The molecule has 1 aromatic carbocycles. The van der Waals surface area contributed by atoms with Crippen LogP contribution in [-0.4, -0.2) is 36.8 Å². The van der Waals surface area contributed by atoms with Gasteiger partial charge in [0.15, 0.2) is 11.5 Å². The summed E-state index contributed by atoms with van der Waals surface area (Å²) in [5.74, 6) is 1.13. The number of carbonyl (C=O) groups is 1. The van der Waals surface area contributed by atoms with Crippen molar-refractivity contribution in [1.29, 1.82) is 0 Å². The number of nitrogens with one attached hydrogen (secondary N) is 1. The third-order valence-electron chi connectivity index (χ3n) is 3.29. The van der Waals surface area contributed by atoms with Crippen LogP contribution in [-0.2, 0) is 11.3 Å². The molecular formula is C16H20N4O4. The zero-order valence-corrected chi connectivity index (χ0v) is 13.8. The van der Waals surface area contributed by atoms with Crippen molar-refractivity contribution in [3.8, 4) is 11.5 Å². The van der Waals surface area contributed by atoms with E-state index in [9.17, 15) is 4.79 Å². The van der Waals surface area contributed by atoms with E-state index in [1.807, 2.05) is 12.1 Å². The molecule has 128 valence electrons. The predicted octanol–water partition coefficient (Wildman–Crippen LogP) is 1.86. The van der Waals surface area contributed by atoms with Crippen molar-refractivity contribution in [2.75, 3.05) is 31.9 Å². The monoisotopic (exact) mass is 332 g/mol. The van der Waals surface area contributed by atoms with Crippen molar-refractivity contribution >= 4 is 17.5 Å². The molecule has 3 N–H and O–H groups in total.